The van der Waals surface area contributed by atoms with Crippen LogP contribution >= 0.6 is 0 Å². The van der Waals surface area contributed by atoms with Crippen LogP contribution in [0.1, 0.15) is 29.2 Å². The average Bonchev–Trinajstić information content (AvgIpc) is 3.35. The van der Waals surface area contributed by atoms with Crippen LogP contribution in [0.5, 0.6) is 17.2 Å². The lowest BCUT2D eigenvalue weighted by atomic mass is 9.98. The van der Waals surface area contributed by atoms with Crippen LogP contribution in [0, 0.1) is 0 Å². The minimum atomic E-state index is -0.174. The van der Waals surface area contributed by atoms with E-state index in [0.29, 0.717) is 13.0 Å². The Labute approximate surface area is 206 Å². The molecule has 0 radical (unpaired) electrons. The zero-order valence-electron chi connectivity index (χ0n) is 20.6. The molecule has 1 atom stereocenters. The van der Waals surface area contributed by atoms with Gasteiger partial charge in [0.1, 0.15) is 17.2 Å². The molecule has 1 unspecified atom stereocenters. The fourth-order valence-electron chi connectivity index (χ4n) is 4.26. The van der Waals surface area contributed by atoms with E-state index in [1.165, 1.54) is 0 Å². The van der Waals surface area contributed by atoms with Crippen molar-refractivity contribution in [1.82, 2.24) is 9.91 Å². The summed E-state index contributed by atoms with van der Waals surface area (Å²) in [6, 6.07) is 23.4. The van der Waals surface area contributed by atoms with Crippen molar-refractivity contribution in [2.45, 2.75) is 19.0 Å². The predicted octanol–water partition coefficient (Wildman–Crippen LogP) is 4.52. The lowest BCUT2D eigenvalue weighted by Crippen LogP contribution is -2.36. The van der Waals surface area contributed by atoms with Crippen LogP contribution in [-0.2, 0) is 11.3 Å². The van der Waals surface area contributed by atoms with Crippen LogP contribution in [0.15, 0.2) is 77.9 Å². The van der Waals surface area contributed by atoms with E-state index in [1.807, 2.05) is 84.7 Å². The van der Waals surface area contributed by atoms with Crippen LogP contribution in [0.2, 0.25) is 0 Å². The molecule has 0 saturated carbocycles. The number of benzene rings is 3. The van der Waals surface area contributed by atoms with Gasteiger partial charge in [-0.25, -0.2) is 5.01 Å². The summed E-state index contributed by atoms with van der Waals surface area (Å²) in [4.78, 5) is 15.5. The summed E-state index contributed by atoms with van der Waals surface area (Å²) in [7, 11) is 6.82. The minimum absolute atomic E-state index is 0.0632. The van der Waals surface area contributed by atoms with Gasteiger partial charge in [0.25, 0.3) is 5.91 Å². The molecule has 1 amide bonds. The van der Waals surface area contributed by atoms with Gasteiger partial charge >= 0.3 is 0 Å². The summed E-state index contributed by atoms with van der Waals surface area (Å²) in [5.41, 5.74) is 3.93. The van der Waals surface area contributed by atoms with Gasteiger partial charge in [-0.05, 0) is 36.4 Å². The van der Waals surface area contributed by atoms with Gasteiger partial charge in [0, 0.05) is 24.6 Å². The molecular formula is C28H31N3O4. The number of hydrazone groups is 1. The van der Waals surface area contributed by atoms with Gasteiger partial charge in [-0.3, -0.25) is 9.69 Å². The summed E-state index contributed by atoms with van der Waals surface area (Å²) in [5, 5.41) is 6.41. The first-order valence-electron chi connectivity index (χ1n) is 11.5. The topological polar surface area (TPSA) is 63.6 Å². The largest absolute Gasteiger partial charge is 0.497 e. The summed E-state index contributed by atoms with van der Waals surface area (Å²) in [5.74, 6) is 2.17. The number of likely N-dealkylation sites (N-methyl/N-ethyl adjacent to an activating group) is 1. The second-order valence-electron chi connectivity index (χ2n) is 8.49. The average molecular weight is 474 g/mol. The zero-order valence-corrected chi connectivity index (χ0v) is 20.6. The fraction of sp³-hybridized carbons (Fsp3) is 0.286. The van der Waals surface area contributed by atoms with Gasteiger partial charge in [-0.15, -0.1) is 0 Å². The van der Waals surface area contributed by atoms with Crippen molar-refractivity contribution in [3.8, 4) is 17.2 Å². The van der Waals surface area contributed by atoms with Gasteiger partial charge in [0.05, 0.1) is 39.6 Å². The lowest BCUT2D eigenvalue weighted by molar-refractivity contribution is -0.134. The molecule has 0 N–H and O–H groups in total. The van der Waals surface area contributed by atoms with E-state index in [2.05, 4.69) is 0 Å². The molecule has 0 bridgehead atoms. The Bertz CT molecular complexity index is 1180. The Kier molecular flexibility index (Phi) is 7.67. The molecule has 0 fully saturated rings. The first kappa shape index (κ1) is 24.3. The molecule has 4 rings (SSSR count). The number of amides is 1. The van der Waals surface area contributed by atoms with Gasteiger partial charge in [0.15, 0.2) is 0 Å². The van der Waals surface area contributed by atoms with E-state index in [9.17, 15) is 4.79 Å². The second-order valence-corrected chi connectivity index (χ2v) is 8.49. The SMILES string of the molecule is COc1ccc(C2CC(c3ccccc3)=NN2C(=O)CN(C)Cc2ccc(OC)cc2OC)cc1. The zero-order chi connectivity index (χ0) is 24.8. The number of rotatable bonds is 9. The molecule has 1 aliphatic rings. The highest BCUT2D eigenvalue weighted by atomic mass is 16.5. The molecule has 1 aliphatic heterocycles. The highest BCUT2D eigenvalue weighted by Crippen LogP contribution is 2.34. The lowest BCUT2D eigenvalue weighted by Gasteiger charge is -2.25. The van der Waals surface area contributed by atoms with E-state index >= 15 is 0 Å². The van der Waals surface area contributed by atoms with Crippen molar-refractivity contribution < 1.29 is 19.0 Å². The van der Waals surface area contributed by atoms with Crippen molar-refractivity contribution >= 4 is 11.6 Å². The molecule has 7 nitrogen and oxygen atoms in total. The standard InChI is InChI=1S/C28H31N3O4/c1-30(18-22-12-15-24(34-3)16-27(22)35-4)19-28(32)31-26(21-10-13-23(33-2)14-11-21)17-25(29-31)20-8-6-5-7-9-20/h5-16,26H,17-19H2,1-4H3. The van der Waals surface area contributed by atoms with Gasteiger partial charge < -0.3 is 14.2 Å². The van der Waals surface area contributed by atoms with Crippen LogP contribution in [0.25, 0.3) is 0 Å². The van der Waals surface area contributed by atoms with Crippen LogP contribution in [-0.4, -0.2) is 56.4 Å². The van der Waals surface area contributed by atoms with E-state index in [0.717, 1.165) is 39.7 Å². The molecule has 1 heterocycles. The third-order valence-electron chi connectivity index (χ3n) is 6.11. The molecule has 0 saturated heterocycles. The Hall–Kier alpha value is -3.84. The van der Waals surface area contributed by atoms with Crippen molar-refractivity contribution in [3.63, 3.8) is 0 Å². The maximum absolute atomic E-state index is 13.5. The Morgan fingerprint density at radius 1 is 0.943 bits per heavy atom. The van der Waals surface area contributed by atoms with Crippen molar-refractivity contribution in [3.05, 3.63) is 89.5 Å². The fourth-order valence-corrected chi connectivity index (χ4v) is 4.26. The maximum Gasteiger partial charge on any atom is 0.257 e. The number of nitrogens with zero attached hydrogens (tertiary/aromatic N) is 3. The van der Waals surface area contributed by atoms with Crippen LogP contribution in [0.4, 0.5) is 0 Å². The number of carbonyl (C=O) groups excluding carboxylic acids is 1. The van der Waals surface area contributed by atoms with Crippen LogP contribution < -0.4 is 14.2 Å². The van der Waals surface area contributed by atoms with Gasteiger partial charge in [-0.2, -0.15) is 5.10 Å². The molecule has 0 aromatic heterocycles. The monoisotopic (exact) mass is 473 g/mol. The molecule has 3 aromatic rings. The summed E-state index contributed by atoms with van der Waals surface area (Å²) >= 11 is 0. The highest BCUT2D eigenvalue weighted by Gasteiger charge is 2.33. The van der Waals surface area contributed by atoms with E-state index < -0.39 is 0 Å². The molecule has 7 heteroatoms. The highest BCUT2D eigenvalue weighted by molar-refractivity contribution is 6.03. The number of ether oxygens (including phenoxy) is 3. The summed E-state index contributed by atoms with van der Waals surface area (Å²) in [6.07, 6.45) is 0.651. The van der Waals surface area contributed by atoms with Crippen molar-refractivity contribution in [2.75, 3.05) is 34.9 Å². The molecule has 182 valence electrons. The minimum Gasteiger partial charge on any atom is -0.497 e. The number of hydrogen-bond donors (Lipinski definition) is 0. The molecular weight excluding hydrogens is 442 g/mol. The van der Waals surface area contributed by atoms with Crippen LogP contribution in [0.3, 0.4) is 0 Å². The molecule has 0 spiro atoms. The normalized spacial score (nSPS) is 15.2. The quantitative estimate of drug-likeness (QED) is 0.457. The first-order valence-corrected chi connectivity index (χ1v) is 11.5. The summed E-state index contributed by atoms with van der Waals surface area (Å²) < 4.78 is 16.1. The smallest absolute Gasteiger partial charge is 0.257 e. The predicted molar refractivity (Wildman–Crippen MR) is 136 cm³/mol. The van der Waals surface area contributed by atoms with E-state index in [1.54, 1.807) is 26.3 Å². The third-order valence-corrected chi connectivity index (χ3v) is 6.11. The molecule has 3 aromatic carbocycles. The first-order chi connectivity index (χ1) is 17.0. The number of hydrogen-bond acceptors (Lipinski definition) is 6. The Morgan fingerprint density at radius 2 is 1.63 bits per heavy atom. The number of carbonyl (C=O) groups is 1. The summed E-state index contributed by atoms with van der Waals surface area (Å²) in [6.45, 7) is 0.766. The van der Waals surface area contributed by atoms with E-state index in [4.69, 9.17) is 19.3 Å². The Morgan fingerprint density at radius 3 is 2.29 bits per heavy atom. The second kappa shape index (κ2) is 11.1. The van der Waals surface area contributed by atoms with E-state index in [-0.39, 0.29) is 18.5 Å². The maximum atomic E-state index is 13.5. The number of methoxy groups -OCH3 is 3. The molecule has 0 aliphatic carbocycles. The van der Waals surface area contributed by atoms with Crippen molar-refractivity contribution in [2.24, 2.45) is 5.10 Å². The van der Waals surface area contributed by atoms with Crippen molar-refractivity contribution in [1.29, 1.82) is 0 Å². The molecule has 35 heavy (non-hydrogen) atoms. The third kappa shape index (κ3) is 5.63. The Balaban J connectivity index is 1.54. The van der Waals surface area contributed by atoms with Gasteiger partial charge in [0.2, 0.25) is 0 Å². The van der Waals surface area contributed by atoms with Gasteiger partial charge in [-0.1, -0.05) is 48.5 Å².